The number of nitrogens with two attached hydrogens (primary N) is 1. The summed E-state index contributed by atoms with van der Waals surface area (Å²) in [4.78, 5) is 22.0. The van der Waals surface area contributed by atoms with Gasteiger partial charge >= 0.3 is 0 Å². The molecule has 1 saturated heterocycles. The summed E-state index contributed by atoms with van der Waals surface area (Å²) in [5, 5.41) is 31.8. The molecule has 0 amide bonds. The Hall–Kier alpha value is -2.01. The van der Waals surface area contributed by atoms with Gasteiger partial charge in [-0.05, 0) is 0 Å². The molecule has 0 unspecified atom stereocenters. The maximum absolute atomic E-state index is 11.7. The number of H-pyrrole nitrogens is 1. The number of imidazole rings is 1. The molecule has 0 bridgehead atoms. The van der Waals surface area contributed by atoms with E-state index in [4.69, 9.17) is 10.8 Å². The zero-order chi connectivity index (χ0) is 15.1. The number of nitrogen functional groups attached to an aromatic ring is 1. The van der Waals surface area contributed by atoms with Gasteiger partial charge in [0, 0.05) is 6.54 Å². The lowest BCUT2D eigenvalue weighted by Crippen LogP contribution is -2.38. The van der Waals surface area contributed by atoms with Crippen molar-refractivity contribution in [2.24, 2.45) is 0 Å². The lowest BCUT2D eigenvalue weighted by atomic mass is 10.1. The van der Waals surface area contributed by atoms with Gasteiger partial charge < -0.3 is 30.9 Å². The van der Waals surface area contributed by atoms with E-state index in [0.717, 1.165) is 0 Å². The largest absolute Gasteiger partial charge is 0.395 e. The molecular formula is C11H16N6O4. The van der Waals surface area contributed by atoms with Crippen molar-refractivity contribution in [2.75, 3.05) is 12.3 Å². The van der Waals surface area contributed by atoms with Crippen molar-refractivity contribution in [2.45, 2.75) is 30.8 Å². The fraction of sp³-hybridized carbons (Fsp3) is 0.545. The first-order valence-corrected chi connectivity index (χ1v) is 6.45. The number of hydrogen-bond acceptors (Lipinski definition) is 8. The number of aromatic nitrogens is 4. The van der Waals surface area contributed by atoms with Crippen molar-refractivity contribution in [3.63, 3.8) is 0 Å². The van der Waals surface area contributed by atoms with Crippen molar-refractivity contribution >= 4 is 17.1 Å². The van der Waals surface area contributed by atoms with E-state index in [0.29, 0.717) is 5.65 Å². The third-order valence-corrected chi connectivity index (χ3v) is 3.69. The molecule has 1 aliphatic heterocycles. The molecule has 0 spiro atoms. The first kappa shape index (κ1) is 13.9. The Morgan fingerprint density at radius 1 is 1.33 bits per heavy atom. The molecule has 10 heteroatoms. The van der Waals surface area contributed by atoms with E-state index in [1.165, 1.54) is 6.33 Å². The van der Waals surface area contributed by atoms with Crippen molar-refractivity contribution in [1.82, 2.24) is 24.8 Å². The number of aromatic amines is 1. The van der Waals surface area contributed by atoms with Gasteiger partial charge in [0.15, 0.2) is 11.2 Å². The summed E-state index contributed by atoms with van der Waals surface area (Å²) in [6.45, 7) is -0.0641. The van der Waals surface area contributed by atoms with Crippen LogP contribution in [0.1, 0.15) is 0 Å². The van der Waals surface area contributed by atoms with Crippen molar-refractivity contribution < 1.29 is 15.3 Å². The summed E-state index contributed by atoms with van der Waals surface area (Å²) in [5.74, 6) is -0.0255. The fourth-order valence-corrected chi connectivity index (χ4v) is 2.59. The van der Waals surface area contributed by atoms with E-state index in [1.807, 2.05) is 0 Å². The molecule has 1 fully saturated rings. The van der Waals surface area contributed by atoms with Crippen molar-refractivity contribution in [3.05, 3.63) is 16.7 Å². The average Bonchev–Trinajstić information content (AvgIpc) is 2.96. The summed E-state index contributed by atoms with van der Waals surface area (Å²) in [6.07, 6.45) is -0.686. The molecule has 3 rings (SSSR count). The Kier molecular flexibility index (Phi) is 3.37. The van der Waals surface area contributed by atoms with Crippen LogP contribution in [0.3, 0.4) is 0 Å². The molecule has 7 N–H and O–H groups in total. The van der Waals surface area contributed by atoms with E-state index >= 15 is 0 Å². The maximum Gasteiger partial charge on any atom is 0.280 e. The van der Waals surface area contributed by atoms with Gasteiger partial charge in [-0.3, -0.25) is 9.78 Å². The Morgan fingerprint density at radius 3 is 2.71 bits per heavy atom. The van der Waals surface area contributed by atoms with Gasteiger partial charge in [-0.2, -0.15) is 4.98 Å². The highest BCUT2D eigenvalue weighted by atomic mass is 16.3. The van der Waals surface area contributed by atoms with E-state index in [2.05, 4.69) is 20.3 Å². The number of nitrogens with one attached hydrogen (secondary N) is 2. The average molecular weight is 296 g/mol. The molecule has 0 radical (unpaired) electrons. The van der Waals surface area contributed by atoms with Gasteiger partial charge in [0.1, 0.15) is 0 Å². The van der Waals surface area contributed by atoms with E-state index < -0.39 is 29.9 Å². The Labute approximate surface area is 118 Å². The van der Waals surface area contributed by atoms with Gasteiger partial charge in [-0.15, -0.1) is 0 Å². The van der Waals surface area contributed by atoms with Gasteiger partial charge in [-0.1, -0.05) is 0 Å². The normalized spacial score (nSPS) is 29.3. The van der Waals surface area contributed by atoms with E-state index in [9.17, 15) is 15.0 Å². The smallest absolute Gasteiger partial charge is 0.280 e. The van der Waals surface area contributed by atoms with Crippen molar-refractivity contribution in [3.8, 4) is 0 Å². The molecule has 21 heavy (non-hydrogen) atoms. The zero-order valence-electron chi connectivity index (χ0n) is 11.0. The predicted molar refractivity (Wildman–Crippen MR) is 72.4 cm³/mol. The summed E-state index contributed by atoms with van der Waals surface area (Å²) in [6, 6.07) is -1.10. The topological polar surface area (TPSA) is 162 Å². The van der Waals surface area contributed by atoms with Crippen LogP contribution >= 0.6 is 0 Å². The van der Waals surface area contributed by atoms with E-state index in [1.54, 1.807) is 4.57 Å². The molecular weight excluding hydrogens is 280 g/mol. The van der Waals surface area contributed by atoms with Crippen LogP contribution in [0.2, 0.25) is 0 Å². The Morgan fingerprint density at radius 2 is 2.05 bits per heavy atom. The van der Waals surface area contributed by atoms with E-state index in [-0.39, 0.29) is 24.6 Å². The number of nitrogens with zero attached hydrogens (tertiary/aromatic N) is 3. The predicted octanol–water partition coefficient (Wildman–Crippen LogP) is -3.24. The third-order valence-electron chi connectivity index (χ3n) is 3.69. The molecule has 2 aromatic heterocycles. The van der Waals surface area contributed by atoms with Gasteiger partial charge in [0.25, 0.3) is 5.56 Å². The minimum atomic E-state index is -1.06. The van der Waals surface area contributed by atoms with Crippen LogP contribution in [0, 0.1) is 0 Å². The highest BCUT2D eigenvalue weighted by Gasteiger charge is 2.40. The monoisotopic (exact) mass is 296 g/mol. The lowest BCUT2D eigenvalue weighted by Gasteiger charge is -2.16. The Bertz CT molecular complexity index is 712. The minimum absolute atomic E-state index is 0.0255. The molecule has 2 aromatic rings. The van der Waals surface area contributed by atoms with Crippen LogP contribution in [-0.4, -0.2) is 65.7 Å². The SMILES string of the molecule is Nc1nc2c(ncn2C[C@@H]2N[C@H](CO)[C@@H](O)[C@@H]2O)c(=O)[nH]1. The van der Waals surface area contributed by atoms with Crippen molar-refractivity contribution in [1.29, 1.82) is 0 Å². The first-order chi connectivity index (χ1) is 10.0. The quantitative estimate of drug-likeness (QED) is 0.344. The molecule has 0 aromatic carbocycles. The number of aliphatic hydroxyl groups excluding tert-OH is 3. The second-order valence-electron chi connectivity index (χ2n) is 5.06. The van der Waals surface area contributed by atoms with Crippen LogP contribution in [0.25, 0.3) is 11.2 Å². The van der Waals surface area contributed by atoms with Crippen LogP contribution in [0.5, 0.6) is 0 Å². The maximum atomic E-state index is 11.7. The molecule has 4 atom stereocenters. The molecule has 1 aliphatic rings. The molecule has 3 heterocycles. The second-order valence-corrected chi connectivity index (χ2v) is 5.06. The molecule has 0 aliphatic carbocycles. The fourth-order valence-electron chi connectivity index (χ4n) is 2.59. The summed E-state index contributed by atoms with van der Waals surface area (Å²) < 4.78 is 1.56. The van der Waals surface area contributed by atoms with Crippen LogP contribution < -0.4 is 16.6 Å². The number of fused-ring (bicyclic) bond motifs is 1. The zero-order valence-corrected chi connectivity index (χ0v) is 11.0. The number of aliphatic hydroxyl groups is 3. The molecule has 114 valence electrons. The summed E-state index contributed by atoms with van der Waals surface area (Å²) >= 11 is 0. The molecule has 0 saturated carbocycles. The third kappa shape index (κ3) is 2.27. The van der Waals surface area contributed by atoms with Crippen LogP contribution in [0.15, 0.2) is 11.1 Å². The highest BCUT2D eigenvalue weighted by Crippen LogP contribution is 2.17. The minimum Gasteiger partial charge on any atom is -0.395 e. The summed E-state index contributed by atoms with van der Waals surface area (Å²) in [5.41, 5.74) is 5.52. The van der Waals surface area contributed by atoms with Gasteiger partial charge in [0.2, 0.25) is 5.95 Å². The second kappa shape index (κ2) is 5.07. The lowest BCUT2D eigenvalue weighted by molar-refractivity contribution is 0.0180. The van der Waals surface area contributed by atoms with Gasteiger partial charge in [-0.25, -0.2) is 4.98 Å². The first-order valence-electron chi connectivity index (χ1n) is 6.45. The van der Waals surface area contributed by atoms with Gasteiger partial charge in [0.05, 0.1) is 37.2 Å². The number of rotatable bonds is 3. The number of anilines is 1. The summed E-state index contributed by atoms with van der Waals surface area (Å²) in [7, 11) is 0. The Balaban J connectivity index is 1.91. The van der Waals surface area contributed by atoms with Crippen LogP contribution in [-0.2, 0) is 6.54 Å². The van der Waals surface area contributed by atoms with Crippen LogP contribution in [0.4, 0.5) is 5.95 Å². The standard InChI is InChI=1S/C11H16N6O4/c12-11-15-9-6(10(21)16-11)13-3-17(9)1-4-7(19)8(20)5(2-18)14-4/h3-5,7-8,14,18-20H,1-2H2,(H3,12,15,16,21)/t4-,5+,7+,8+/m0/s1. The number of hydrogen-bond donors (Lipinski definition) is 6. The molecule has 10 nitrogen and oxygen atoms in total. The highest BCUT2D eigenvalue weighted by molar-refractivity contribution is 5.70.